The van der Waals surface area contributed by atoms with Gasteiger partial charge in [-0.05, 0) is 70.6 Å². The van der Waals surface area contributed by atoms with E-state index in [1.165, 1.54) is 68.8 Å². The molecular formula is C22H35N5O4S. The average molecular weight is 466 g/mol. The van der Waals surface area contributed by atoms with Crippen molar-refractivity contribution in [3.63, 3.8) is 0 Å². The standard InChI is InChI=1S/C20H31N5S.2CH2O2/c1-16-19(11-22-23(16)2)12-24-7-3-17(4-8-24)18-5-9-25(10-6-18)13-20-14-26-15-21-20;2*2-1-3/h11,14-15,17-18H,3-10,12-13H2,1-2H3;2*1H,(H,2,3). The quantitative estimate of drug-likeness (QED) is 0.649. The fourth-order valence-corrected chi connectivity index (χ4v) is 5.20. The predicted molar refractivity (Wildman–Crippen MR) is 123 cm³/mol. The van der Waals surface area contributed by atoms with Gasteiger partial charge in [-0.3, -0.25) is 24.1 Å². The van der Waals surface area contributed by atoms with Gasteiger partial charge in [0.1, 0.15) is 0 Å². The van der Waals surface area contributed by atoms with E-state index >= 15 is 0 Å². The summed E-state index contributed by atoms with van der Waals surface area (Å²) in [4.78, 5) is 26.4. The Morgan fingerprint density at radius 1 is 1.00 bits per heavy atom. The lowest BCUT2D eigenvalue weighted by molar-refractivity contribution is -0.123. The van der Waals surface area contributed by atoms with Crippen molar-refractivity contribution < 1.29 is 19.8 Å². The fraction of sp³-hybridized carbons (Fsp3) is 0.636. The number of aryl methyl sites for hydroxylation is 1. The maximum Gasteiger partial charge on any atom is 0.290 e. The highest BCUT2D eigenvalue weighted by Gasteiger charge is 2.29. The molecule has 9 nitrogen and oxygen atoms in total. The molecule has 0 aromatic carbocycles. The Kier molecular flexibility index (Phi) is 11.3. The number of aromatic nitrogens is 3. The van der Waals surface area contributed by atoms with E-state index in [2.05, 4.69) is 32.2 Å². The third kappa shape index (κ3) is 7.99. The lowest BCUT2D eigenvalue weighted by atomic mass is 9.78. The molecule has 2 fully saturated rings. The Balaban J connectivity index is 0.000000547. The van der Waals surface area contributed by atoms with Crippen LogP contribution in [0.15, 0.2) is 17.1 Å². The number of hydrogen-bond acceptors (Lipinski definition) is 7. The normalized spacial score (nSPS) is 18.2. The Bertz CT molecular complexity index is 776. The second-order valence-electron chi connectivity index (χ2n) is 8.30. The number of likely N-dealkylation sites (tertiary alicyclic amines) is 2. The second kappa shape index (κ2) is 14.0. The van der Waals surface area contributed by atoms with Gasteiger partial charge in [-0.1, -0.05) is 0 Å². The predicted octanol–water partition coefficient (Wildman–Crippen LogP) is 2.71. The van der Waals surface area contributed by atoms with Crippen molar-refractivity contribution in [2.75, 3.05) is 26.2 Å². The summed E-state index contributed by atoms with van der Waals surface area (Å²) in [7, 11) is 2.03. The molecule has 0 saturated carbocycles. The van der Waals surface area contributed by atoms with E-state index in [-0.39, 0.29) is 12.9 Å². The number of carbonyl (C=O) groups is 2. The SMILES string of the molecule is Cc1c(CN2CCC(C3CCN(Cc4cscn4)CC3)CC2)cnn1C.O=CO.O=CO. The minimum Gasteiger partial charge on any atom is -0.483 e. The van der Waals surface area contributed by atoms with Gasteiger partial charge in [-0.15, -0.1) is 11.3 Å². The van der Waals surface area contributed by atoms with Crippen LogP contribution in [0.5, 0.6) is 0 Å². The molecule has 2 saturated heterocycles. The van der Waals surface area contributed by atoms with E-state index < -0.39 is 0 Å². The minimum absolute atomic E-state index is 0.250. The Hall–Kier alpha value is -2.30. The molecule has 2 N–H and O–H groups in total. The van der Waals surface area contributed by atoms with Crippen molar-refractivity contribution in [3.8, 4) is 0 Å². The van der Waals surface area contributed by atoms with Crippen molar-refractivity contribution in [1.82, 2.24) is 24.6 Å². The highest BCUT2D eigenvalue weighted by atomic mass is 32.1. The van der Waals surface area contributed by atoms with Gasteiger partial charge in [-0.2, -0.15) is 5.10 Å². The first-order valence-corrected chi connectivity index (χ1v) is 11.9. The number of thiazole rings is 1. The van der Waals surface area contributed by atoms with Gasteiger partial charge in [0.2, 0.25) is 0 Å². The van der Waals surface area contributed by atoms with Crippen molar-refractivity contribution in [3.05, 3.63) is 34.0 Å². The summed E-state index contributed by atoms with van der Waals surface area (Å²) < 4.78 is 1.99. The van der Waals surface area contributed by atoms with Crippen molar-refractivity contribution >= 4 is 24.3 Å². The summed E-state index contributed by atoms with van der Waals surface area (Å²) in [6.07, 6.45) is 7.53. The molecule has 0 amide bonds. The smallest absolute Gasteiger partial charge is 0.290 e. The maximum atomic E-state index is 8.36. The number of piperidine rings is 2. The fourth-order valence-electron chi connectivity index (χ4n) is 4.65. The van der Waals surface area contributed by atoms with Crippen LogP contribution in [-0.4, -0.2) is 73.9 Å². The first kappa shape index (κ1) is 26.0. The van der Waals surface area contributed by atoms with Crippen molar-refractivity contribution in [1.29, 1.82) is 0 Å². The number of hydrogen-bond donors (Lipinski definition) is 2. The zero-order valence-corrected chi connectivity index (χ0v) is 19.8. The molecule has 2 aliphatic heterocycles. The molecule has 2 aliphatic rings. The number of carboxylic acid groups (broad SMARTS) is 2. The second-order valence-corrected chi connectivity index (χ2v) is 9.02. The van der Waals surface area contributed by atoms with Crippen LogP contribution in [0.4, 0.5) is 0 Å². The molecule has 10 heteroatoms. The van der Waals surface area contributed by atoms with E-state index in [1.54, 1.807) is 11.3 Å². The van der Waals surface area contributed by atoms with E-state index in [4.69, 9.17) is 19.8 Å². The lowest BCUT2D eigenvalue weighted by Gasteiger charge is -2.40. The highest BCUT2D eigenvalue weighted by molar-refractivity contribution is 7.07. The van der Waals surface area contributed by atoms with E-state index in [0.717, 1.165) is 24.9 Å². The van der Waals surface area contributed by atoms with Crippen LogP contribution in [0, 0.1) is 18.8 Å². The molecule has 178 valence electrons. The van der Waals surface area contributed by atoms with Gasteiger partial charge in [0.15, 0.2) is 0 Å². The topological polar surface area (TPSA) is 112 Å². The van der Waals surface area contributed by atoms with Crippen LogP contribution in [0.25, 0.3) is 0 Å². The van der Waals surface area contributed by atoms with Gasteiger partial charge < -0.3 is 10.2 Å². The zero-order chi connectivity index (χ0) is 23.3. The first-order chi connectivity index (χ1) is 15.5. The van der Waals surface area contributed by atoms with E-state index in [0.29, 0.717) is 0 Å². The molecule has 32 heavy (non-hydrogen) atoms. The van der Waals surface area contributed by atoms with Crippen LogP contribution in [-0.2, 0) is 29.7 Å². The summed E-state index contributed by atoms with van der Waals surface area (Å²) in [5.74, 6) is 1.87. The highest BCUT2D eigenvalue weighted by Crippen LogP contribution is 2.33. The number of rotatable bonds is 5. The van der Waals surface area contributed by atoms with Crippen molar-refractivity contribution in [2.24, 2.45) is 18.9 Å². The molecule has 2 aromatic rings. The molecule has 0 spiro atoms. The molecule has 0 unspecified atom stereocenters. The summed E-state index contributed by atoms with van der Waals surface area (Å²) in [5.41, 5.74) is 5.89. The Morgan fingerprint density at radius 2 is 1.50 bits per heavy atom. The van der Waals surface area contributed by atoms with Crippen LogP contribution < -0.4 is 0 Å². The summed E-state index contributed by atoms with van der Waals surface area (Å²) >= 11 is 1.71. The van der Waals surface area contributed by atoms with Crippen LogP contribution in [0.3, 0.4) is 0 Å². The van der Waals surface area contributed by atoms with Gasteiger partial charge in [0, 0.05) is 36.8 Å². The molecule has 4 heterocycles. The van der Waals surface area contributed by atoms with Crippen molar-refractivity contribution in [2.45, 2.75) is 45.7 Å². The lowest BCUT2D eigenvalue weighted by Crippen LogP contribution is -2.40. The maximum absolute atomic E-state index is 8.36. The largest absolute Gasteiger partial charge is 0.483 e. The molecule has 0 bridgehead atoms. The molecular weight excluding hydrogens is 430 g/mol. The zero-order valence-electron chi connectivity index (χ0n) is 19.0. The minimum atomic E-state index is -0.250. The molecule has 4 rings (SSSR count). The molecule has 0 aliphatic carbocycles. The third-order valence-electron chi connectivity index (χ3n) is 6.53. The van der Waals surface area contributed by atoms with Crippen LogP contribution >= 0.6 is 11.3 Å². The molecule has 2 aromatic heterocycles. The van der Waals surface area contributed by atoms with Gasteiger partial charge >= 0.3 is 0 Å². The third-order valence-corrected chi connectivity index (χ3v) is 7.17. The van der Waals surface area contributed by atoms with Crippen LogP contribution in [0.2, 0.25) is 0 Å². The Morgan fingerprint density at radius 3 is 1.91 bits per heavy atom. The number of nitrogens with zero attached hydrogens (tertiary/aromatic N) is 5. The van der Waals surface area contributed by atoms with Gasteiger partial charge in [-0.25, -0.2) is 4.98 Å². The first-order valence-electron chi connectivity index (χ1n) is 11.0. The average Bonchev–Trinajstić information content (AvgIpc) is 3.41. The summed E-state index contributed by atoms with van der Waals surface area (Å²) in [5, 5.41) is 20.3. The van der Waals surface area contributed by atoms with E-state index in [1.807, 2.05) is 23.4 Å². The summed E-state index contributed by atoms with van der Waals surface area (Å²) in [6.45, 7) is 8.77. The molecule has 0 atom stereocenters. The van der Waals surface area contributed by atoms with Crippen LogP contribution in [0.1, 0.15) is 42.6 Å². The molecule has 0 radical (unpaired) electrons. The van der Waals surface area contributed by atoms with E-state index in [9.17, 15) is 0 Å². The van der Waals surface area contributed by atoms with Gasteiger partial charge in [0.05, 0.1) is 17.4 Å². The monoisotopic (exact) mass is 465 g/mol. The summed E-state index contributed by atoms with van der Waals surface area (Å²) in [6, 6.07) is 0. The Labute approximate surface area is 193 Å². The van der Waals surface area contributed by atoms with Gasteiger partial charge in [0.25, 0.3) is 12.9 Å².